The van der Waals surface area contributed by atoms with Crippen molar-refractivity contribution in [2.45, 2.75) is 70.8 Å². The average Bonchev–Trinajstić information content (AvgIpc) is 2.74. The summed E-state index contributed by atoms with van der Waals surface area (Å²) in [6, 6.07) is 0. The zero-order valence-electron chi connectivity index (χ0n) is 12.7. The summed E-state index contributed by atoms with van der Waals surface area (Å²) in [5, 5.41) is 10.4. The number of carbonyl (C=O) groups excluding carboxylic acids is 1. The third kappa shape index (κ3) is 1.76. The van der Waals surface area contributed by atoms with Crippen LogP contribution in [0.15, 0.2) is 0 Å². The molecule has 0 aromatic carbocycles. The Kier molecular flexibility index (Phi) is 3.03. The second-order valence-electron chi connectivity index (χ2n) is 8.35. The molecule has 0 amide bonds. The van der Waals surface area contributed by atoms with Crippen LogP contribution >= 0.6 is 0 Å². The summed E-state index contributed by atoms with van der Waals surface area (Å²) in [5.74, 6) is 4.52. The number of aliphatic hydroxyl groups is 1. The maximum Gasteiger partial charge on any atom is 0.133 e. The topological polar surface area (TPSA) is 37.3 Å². The molecule has 0 bridgehead atoms. The summed E-state index contributed by atoms with van der Waals surface area (Å²) in [5.41, 5.74) is 0.207. The standard InChI is InChI=1S/C18H28O2/c1-18-9-8-14-13-5-3-12(19)10-11(13)2-4-15(14)16(18)6-7-17(18)20/h11,13-17,20H,2-10H2,1H3/t11-,13+,14+,15-,16-,17-,18-/m0/s1. The van der Waals surface area contributed by atoms with Gasteiger partial charge in [0.05, 0.1) is 6.10 Å². The minimum absolute atomic E-state index is 0.0564. The van der Waals surface area contributed by atoms with E-state index in [-0.39, 0.29) is 11.5 Å². The Hall–Kier alpha value is -0.370. The van der Waals surface area contributed by atoms with E-state index in [2.05, 4.69) is 6.92 Å². The molecule has 2 heteroatoms. The number of Topliss-reactive ketones (excluding diaryl/α,β-unsaturated/α-hetero) is 1. The third-order valence-corrected chi connectivity index (χ3v) is 7.72. The van der Waals surface area contributed by atoms with Crippen LogP contribution in [0.1, 0.15) is 64.7 Å². The molecule has 20 heavy (non-hydrogen) atoms. The van der Waals surface area contributed by atoms with E-state index in [0.717, 1.165) is 49.4 Å². The smallest absolute Gasteiger partial charge is 0.133 e. The summed E-state index contributed by atoms with van der Waals surface area (Å²) in [4.78, 5) is 11.7. The first-order valence-corrected chi connectivity index (χ1v) is 8.79. The molecular formula is C18H28O2. The minimum atomic E-state index is -0.0564. The van der Waals surface area contributed by atoms with E-state index in [4.69, 9.17) is 0 Å². The minimum Gasteiger partial charge on any atom is -0.393 e. The van der Waals surface area contributed by atoms with Crippen molar-refractivity contribution < 1.29 is 9.90 Å². The Morgan fingerprint density at radius 1 is 1.00 bits per heavy atom. The molecule has 4 fully saturated rings. The second kappa shape index (κ2) is 4.56. The summed E-state index contributed by atoms with van der Waals surface area (Å²) in [6.07, 6.45) is 10.2. The molecule has 0 unspecified atom stereocenters. The Bertz CT molecular complexity index is 418. The SMILES string of the molecule is C[C@]12CC[C@@H]3[C@@H]4CCC(=O)C[C@@H]4CC[C@@H]3[C@@H]1CC[C@@H]2O. The van der Waals surface area contributed by atoms with Crippen molar-refractivity contribution in [3.8, 4) is 0 Å². The summed E-state index contributed by atoms with van der Waals surface area (Å²) >= 11 is 0. The van der Waals surface area contributed by atoms with Crippen LogP contribution in [0.25, 0.3) is 0 Å². The lowest BCUT2D eigenvalue weighted by Gasteiger charge is -2.55. The van der Waals surface area contributed by atoms with Crippen LogP contribution in [-0.2, 0) is 4.79 Å². The van der Waals surface area contributed by atoms with Crippen molar-refractivity contribution >= 4 is 5.78 Å². The highest BCUT2D eigenvalue weighted by atomic mass is 16.3. The number of fused-ring (bicyclic) bond motifs is 5. The molecule has 112 valence electrons. The second-order valence-corrected chi connectivity index (χ2v) is 8.35. The highest BCUT2D eigenvalue weighted by Crippen LogP contribution is 2.62. The van der Waals surface area contributed by atoms with Gasteiger partial charge in [-0.25, -0.2) is 0 Å². The molecule has 2 nitrogen and oxygen atoms in total. The van der Waals surface area contributed by atoms with Gasteiger partial charge in [0.1, 0.15) is 5.78 Å². The van der Waals surface area contributed by atoms with Crippen LogP contribution in [0.2, 0.25) is 0 Å². The van der Waals surface area contributed by atoms with E-state index in [1.54, 1.807) is 0 Å². The monoisotopic (exact) mass is 276 g/mol. The van der Waals surface area contributed by atoms with Crippen LogP contribution in [0, 0.1) is 35.0 Å². The Labute approximate surface area is 122 Å². The van der Waals surface area contributed by atoms with E-state index in [1.807, 2.05) is 0 Å². The number of ketones is 1. The Morgan fingerprint density at radius 3 is 2.70 bits per heavy atom. The van der Waals surface area contributed by atoms with Crippen molar-refractivity contribution in [3.05, 3.63) is 0 Å². The normalized spacial score (nSPS) is 55.0. The molecule has 1 N–H and O–H groups in total. The number of carbonyl (C=O) groups is 1. The molecule has 4 aliphatic rings. The van der Waals surface area contributed by atoms with Gasteiger partial charge in [-0.2, -0.15) is 0 Å². The maximum atomic E-state index is 11.7. The molecule has 0 aromatic heterocycles. The molecule has 0 heterocycles. The van der Waals surface area contributed by atoms with E-state index in [9.17, 15) is 9.90 Å². The molecule has 0 spiro atoms. The summed E-state index contributed by atoms with van der Waals surface area (Å²) in [7, 11) is 0. The first kappa shape index (κ1) is 13.3. The van der Waals surface area contributed by atoms with Gasteiger partial charge in [-0.1, -0.05) is 6.92 Å². The van der Waals surface area contributed by atoms with Gasteiger partial charge in [0.25, 0.3) is 0 Å². The number of hydrogen-bond acceptors (Lipinski definition) is 2. The molecule has 0 aliphatic heterocycles. The van der Waals surface area contributed by atoms with Crippen molar-refractivity contribution in [2.24, 2.45) is 35.0 Å². The Balaban J connectivity index is 1.58. The first-order valence-electron chi connectivity index (χ1n) is 8.79. The quantitative estimate of drug-likeness (QED) is 0.734. The van der Waals surface area contributed by atoms with E-state index < -0.39 is 0 Å². The van der Waals surface area contributed by atoms with Gasteiger partial charge < -0.3 is 5.11 Å². The fraction of sp³-hybridized carbons (Fsp3) is 0.944. The number of hydrogen-bond donors (Lipinski definition) is 1. The molecule has 0 aromatic rings. The number of aliphatic hydroxyl groups excluding tert-OH is 1. The molecule has 7 atom stereocenters. The van der Waals surface area contributed by atoms with Gasteiger partial charge in [0, 0.05) is 12.8 Å². The molecule has 4 aliphatic carbocycles. The van der Waals surface area contributed by atoms with Crippen molar-refractivity contribution in [1.29, 1.82) is 0 Å². The van der Waals surface area contributed by atoms with Crippen molar-refractivity contribution in [3.63, 3.8) is 0 Å². The highest BCUT2D eigenvalue weighted by molar-refractivity contribution is 5.79. The third-order valence-electron chi connectivity index (χ3n) is 7.72. The average molecular weight is 276 g/mol. The largest absolute Gasteiger partial charge is 0.393 e. The zero-order chi connectivity index (χ0) is 13.9. The van der Waals surface area contributed by atoms with E-state index in [1.165, 1.54) is 32.1 Å². The molecule has 4 rings (SSSR count). The van der Waals surface area contributed by atoms with E-state index >= 15 is 0 Å². The predicted molar refractivity (Wildman–Crippen MR) is 78.1 cm³/mol. The Morgan fingerprint density at radius 2 is 1.85 bits per heavy atom. The lowest BCUT2D eigenvalue weighted by molar-refractivity contribution is -0.128. The fourth-order valence-corrected chi connectivity index (χ4v) is 6.63. The van der Waals surface area contributed by atoms with Crippen LogP contribution in [0.4, 0.5) is 0 Å². The van der Waals surface area contributed by atoms with Crippen LogP contribution < -0.4 is 0 Å². The summed E-state index contributed by atoms with van der Waals surface area (Å²) in [6.45, 7) is 2.35. The van der Waals surface area contributed by atoms with Crippen molar-refractivity contribution in [2.75, 3.05) is 0 Å². The molecule has 0 saturated heterocycles. The first-order chi connectivity index (χ1) is 9.59. The van der Waals surface area contributed by atoms with Gasteiger partial charge in [0.2, 0.25) is 0 Å². The van der Waals surface area contributed by atoms with Crippen LogP contribution in [-0.4, -0.2) is 17.0 Å². The lowest BCUT2D eigenvalue weighted by atomic mass is 9.50. The van der Waals surface area contributed by atoms with Crippen molar-refractivity contribution in [1.82, 2.24) is 0 Å². The van der Waals surface area contributed by atoms with Gasteiger partial charge in [-0.3, -0.25) is 4.79 Å². The van der Waals surface area contributed by atoms with Crippen LogP contribution in [0.5, 0.6) is 0 Å². The summed E-state index contributed by atoms with van der Waals surface area (Å²) < 4.78 is 0. The number of rotatable bonds is 0. The molecular weight excluding hydrogens is 248 g/mol. The van der Waals surface area contributed by atoms with Gasteiger partial charge in [-0.05, 0) is 80.0 Å². The van der Waals surface area contributed by atoms with E-state index in [0.29, 0.717) is 11.7 Å². The highest BCUT2D eigenvalue weighted by Gasteiger charge is 2.56. The van der Waals surface area contributed by atoms with Gasteiger partial charge in [0.15, 0.2) is 0 Å². The van der Waals surface area contributed by atoms with Gasteiger partial charge >= 0.3 is 0 Å². The lowest BCUT2D eigenvalue weighted by Crippen LogP contribution is -2.49. The molecule has 0 radical (unpaired) electrons. The predicted octanol–water partition coefficient (Wildman–Crippen LogP) is 3.57. The fourth-order valence-electron chi connectivity index (χ4n) is 6.63. The van der Waals surface area contributed by atoms with Crippen LogP contribution in [0.3, 0.4) is 0 Å². The molecule has 4 saturated carbocycles. The van der Waals surface area contributed by atoms with Gasteiger partial charge in [-0.15, -0.1) is 0 Å². The zero-order valence-corrected chi connectivity index (χ0v) is 12.7. The maximum absolute atomic E-state index is 11.7.